The van der Waals surface area contributed by atoms with Crippen LogP contribution in [0.25, 0.3) is 11.0 Å². The standard InChI is InChI=1S/C25H33F2N5O2/c1-17-11-18(7-10-34-17)19-12-29-23-22(19)20(6-8-28-23)31-13-24(26)15-32(16-25(24,27)14-31)21(33)5-4-9-30(2)3/h4-6,8,12,17-18H,7,9-11,13-16H2,1-3H3,(H,28,29)/b5-4+/t17?,18?,24-,25+. The smallest absolute Gasteiger partial charge is 0.246 e. The molecule has 3 saturated heterocycles. The Kier molecular flexibility index (Phi) is 5.88. The van der Waals surface area contributed by atoms with Gasteiger partial charge in [0, 0.05) is 42.7 Å². The highest BCUT2D eigenvalue weighted by Crippen LogP contribution is 2.48. The van der Waals surface area contributed by atoms with Crippen molar-refractivity contribution in [1.82, 2.24) is 19.8 Å². The number of alkyl halides is 2. The molecule has 184 valence electrons. The van der Waals surface area contributed by atoms with Gasteiger partial charge in [-0.25, -0.2) is 13.8 Å². The maximum absolute atomic E-state index is 16.0. The normalized spacial score (nSPS) is 31.8. The molecule has 0 aromatic carbocycles. The summed E-state index contributed by atoms with van der Waals surface area (Å²) in [5.41, 5.74) is -1.57. The predicted molar refractivity (Wildman–Crippen MR) is 128 cm³/mol. The van der Waals surface area contributed by atoms with Crippen LogP contribution >= 0.6 is 0 Å². The number of ether oxygens (including phenoxy) is 1. The number of rotatable bonds is 5. The molecule has 2 aromatic heterocycles. The molecule has 2 aromatic rings. The van der Waals surface area contributed by atoms with Crippen LogP contribution in [0.3, 0.4) is 0 Å². The third-order valence-electron chi connectivity index (χ3n) is 7.46. The summed E-state index contributed by atoms with van der Waals surface area (Å²) in [6.45, 7) is 2.70. The molecule has 2 unspecified atom stereocenters. The Morgan fingerprint density at radius 2 is 2.03 bits per heavy atom. The van der Waals surface area contributed by atoms with Gasteiger partial charge in [0.2, 0.25) is 5.91 Å². The van der Waals surface area contributed by atoms with Crippen molar-refractivity contribution in [1.29, 1.82) is 0 Å². The van der Waals surface area contributed by atoms with Gasteiger partial charge in [-0.15, -0.1) is 0 Å². The number of carbonyl (C=O) groups is 1. The second-order valence-corrected chi connectivity index (χ2v) is 10.3. The molecule has 0 saturated carbocycles. The lowest BCUT2D eigenvalue weighted by Gasteiger charge is -2.28. The minimum atomic E-state index is -2.11. The van der Waals surface area contributed by atoms with Crippen molar-refractivity contribution >= 4 is 22.6 Å². The van der Waals surface area contributed by atoms with Crippen LogP contribution in [-0.4, -0.2) is 96.5 Å². The Morgan fingerprint density at radius 1 is 1.29 bits per heavy atom. The van der Waals surface area contributed by atoms with Crippen LogP contribution in [-0.2, 0) is 9.53 Å². The highest BCUT2D eigenvalue weighted by Gasteiger charge is 2.66. The van der Waals surface area contributed by atoms with E-state index in [1.165, 1.54) is 11.0 Å². The number of nitrogens with one attached hydrogen (secondary N) is 1. The zero-order valence-electron chi connectivity index (χ0n) is 20.1. The van der Waals surface area contributed by atoms with Crippen LogP contribution in [0.5, 0.6) is 0 Å². The number of hydrogen-bond acceptors (Lipinski definition) is 5. The number of fused-ring (bicyclic) bond motifs is 2. The van der Waals surface area contributed by atoms with E-state index < -0.39 is 11.3 Å². The molecule has 3 fully saturated rings. The molecule has 4 atom stereocenters. The number of anilines is 1. The van der Waals surface area contributed by atoms with Crippen LogP contribution in [0.15, 0.2) is 30.6 Å². The van der Waals surface area contributed by atoms with E-state index in [-0.39, 0.29) is 38.2 Å². The number of amides is 1. The number of likely N-dealkylation sites (tertiary alicyclic amines) is 1. The monoisotopic (exact) mass is 473 g/mol. The average molecular weight is 474 g/mol. The molecular weight excluding hydrogens is 440 g/mol. The Labute approximate surface area is 198 Å². The van der Waals surface area contributed by atoms with Gasteiger partial charge in [-0.1, -0.05) is 6.08 Å². The molecule has 3 aliphatic heterocycles. The first kappa shape index (κ1) is 23.2. The maximum atomic E-state index is 16.0. The molecule has 5 heterocycles. The van der Waals surface area contributed by atoms with E-state index in [0.717, 1.165) is 35.1 Å². The van der Waals surface area contributed by atoms with E-state index >= 15 is 8.78 Å². The van der Waals surface area contributed by atoms with Crippen LogP contribution in [0.4, 0.5) is 14.5 Å². The molecule has 1 amide bonds. The summed E-state index contributed by atoms with van der Waals surface area (Å²) in [5, 5.41) is 0.938. The van der Waals surface area contributed by atoms with Crippen molar-refractivity contribution < 1.29 is 18.3 Å². The number of aromatic amines is 1. The van der Waals surface area contributed by atoms with E-state index in [2.05, 4.69) is 16.9 Å². The molecule has 0 bridgehead atoms. The summed E-state index contributed by atoms with van der Waals surface area (Å²) in [7, 11) is 3.79. The average Bonchev–Trinajstić information content (AvgIpc) is 3.39. The molecule has 1 N–H and O–H groups in total. The highest BCUT2D eigenvalue weighted by molar-refractivity contribution is 5.94. The van der Waals surface area contributed by atoms with Gasteiger partial charge in [0.15, 0.2) is 11.3 Å². The zero-order chi connectivity index (χ0) is 24.1. The lowest BCUT2D eigenvalue weighted by molar-refractivity contribution is -0.125. The second-order valence-electron chi connectivity index (χ2n) is 10.3. The number of likely N-dealkylation sites (N-methyl/N-ethyl adjacent to an activating group) is 1. The van der Waals surface area contributed by atoms with Gasteiger partial charge < -0.3 is 24.4 Å². The van der Waals surface area contributed by atoms with E-state index in [0.29, 0.717) is 19.1 Å². The number of nitrogens with zero attached hydrogens (tertiary/aromatic N) is 4. The van der Waals surface area contributed by atoms with Crippen LogP contribution in [0, 0.1) is 0 Å². The number of aromatic nitrogens is 2. The van der Waals surface area contributed by atoms with E-state index in [1.807, 2.05) is 31.3 Å². The van der Waals surface area contributed by atoms with Crippen molar-refractivity contribution in [2.45, 2.75) is 43.1 Å². The van der Waals surface area contributed by atoms with Gasteiger partial charge >= 0.3 is 0 Å². The number of hydrogen-bond donors (Lipinski definition) is 1. The van der Waals surface area contributed by atoms with Crippen molar-refractivity contribution in [3.8, 4) is 0 Å². The number of pyridine rings is 1. The minimum absolute atomic E-state index is 0.0946. The second kappa shape index (κ2) is 8.61. The quantitative estimate of drug-likeness (QED) is 0.677. The van der Waals surface area contributed by atoms with Crippen molar-refractivity contribution in [2.75, 3.05) is 58.3 Å². The zero-order valence-corrected chi connectivity index (χ0v) is 20.1. The van der Waals surface area contributed by atoms with E-state index in [4.69, 9.17) is 4.74 Å². The molecule has 0 aliphatic carbocycles. The fourth-order valence-electron chi connectivity index (χ4n) is 5.71. The Balaban J connectivity index is 1.38. The van der Waals surface area contributed by atoms with Crippen molar-refractivity contribution in [2.24, 2.45) is 0 Å². The largest absolute Gasteiger partial charge is 0.378 e. The summed E-state index contributed by atoms with van der Waals surface area (Å²) in [6, 6.07) is 1.85. The fraction of sp³-hybridized carbons (Fsp3) is 0.600. The Bertz CT molecular complexity index is 1080. The first-order chi connectivity index (χ1) is 16.2. The lowest BCUT2D eigenvalue weighted by Crippen LogP contribution is -2.44. The number of halogens is 2. The summed E-state index contributed by atoms with van der Waals surface area (Å²) in [6.07, 6.45) is 8.78. The Hall–Kier alpha value is -2.52. The predicted octanol–water partition coefficient (Wildman–Crippen LogP) is 3.04. The van der Waals surface area contributed by atoms with Crippen molar-refractivity contribution in [3.63, 3.8) is 0 Å². The first-order valence-electron chi connectivity index (χ1n) is 12.0. The summed E-state index contributed by atoms with van der Waals surface area (Å²) in [5.74, 6) is -0.0343. The minimum Gasteiger partial charge on any atom is -0.378 e. The van der Waals surface area contributed by atoms with Gasteiger partial charge in [-0.2, -0.15) is 0 Å². The molecule has 9 heteroatoms. The Morgan fingerprint density at radius 3 is 2.71 bits per heavy atom. The van der Waals surface area contributed by atoms with Gasteiger partial charge in [0.1, 0.15) is 5.65 Å². The molecule has 34 heavy (non-hydrogen) atoms. The molecule has 0 radical (unpaired) electrons. The molecule has 7 nitrogen and oxygen atoms in total. The summed E-state index contributed by atoms with van der Waals surface area (Å²) < 4.78 is 37.8. The van der Waals surface area contributed by atoms with Crippen LogP contribution in [0.2, 0.25) is 0 Å². The fourth-order valence-corrected chi connectivity index (χ4v) is 5.71. The van der Waals surface area contributed by atoms with Gasteiger partial charge in [-0.3, -0.25) is 4.79 Å². The van der Waals surface area contributed by atoms with E-state index in [1.54, 1.807) is 17.2 Å². The summed E-state index contributed by atoms with van der Waals surface area (Å²) in [4.78, 5) is 25.3. The van der Waals surface area contributed by atoms with Crippen LogP contribution in [0.1, 0.15) is 31.2 Å². The molecule has 0 spiro atoms. The van der Waals surface area contributed by atoms with Gasteiger partial charge in [0.25, 0.3) is 0 Å². The number of carbonyl (C=O) groups excluding carboxylic acids is 1. The third kappa shape index (κ3) is 3.98. The SMILES string of the molecule is CC1CC(c2c[nH]c3nccc(N4C[C@]5(F)CN(C(=O)/C=C/CN(C)C)C[C@]5(F)C4)c23)CCO1. The van der Waals surface area contributed by atoms with Crippen LogP contribution < -0.4 is 4.90 Å². The maximum Gasteiger partial charge on any atom is 0.246 e. The lowest BCUT2D eigenvalue weighted by atomic mass is 9.88. The molecule has 5 rings (SSSR count). The van der Waals surface area contributed by atoms with E-state index in [9.17, 15) is 4.79 Å². The highest BCUT2D eigenvalue weighted by atomic mass is 19.2. The number of H-pyrrole nitrogens is 1. The van der Waals surface area contributed by atoms with Gasteiger partial charge in [-0.05, 0) is 51.4 Å². The molecule has 3 aliphatic rings. The van der Waals surface area contributed by atoms with Crippen molar-refractivity contribution in [3.05, 3.63) is 36.2 Å². The topological polar surface area (TPSA) is 64.7 Å². The van der Waals surface area contributed by atoms with Gasteiger partial charge in [0.05, 0.1) is 32.3 Å². The molecular formula is C25H33F2N5O2. The third-order valence-corrected chi connectivity index (χ3v) is 7.46. The first-order valence-corrected chi connectivity index (χ1v) is 12.0. The summed E-state index contributed by atoms with van der Waals surface area (Å²) >= 11 is 0.